The Morgan fingerprint density at radius 2 is 1.96 bits per heavy atom. The van der Waals surface area contributed by atoms with Gasteiger partial charge in [0.25, 0.3) is 0 Å². The van der Waals surface area contributed by atoms with Gasteiger partial charge < -0.3 is 19.7 Å². The number of benzene rings is 1. The fraction of sp³-hybridized carbons (Fsp3) is 0.500. The number of morpholine rings is 1. The number of carbonyl (C=O) groups excluding carboxylic acids is 2. The van der Waals surface area contributed by atoms with Gasteiger partial charge in [0, 0.05) is 31.7 Å². The van der Waals surface area contributed by atoms with E-state index >= 15 is 0 Å². The molecule has 3 rings (SSSR count). The van der Waals surface area contributed by atoms with Crippen molar-refractivity contribution in [3.05, 3.63) is 24.3 Å². The van der Waals surface area contributed by atoms with Crippen molar-refractivity contribution >= 4 is 17.6 Å². The lowest BCUT2D eigenvalue weighted by Crippen LogP contribution is -2.53. The molecule has 0 aliphatic carbocycles. The normalized spacial score (nSPS) is 21.6. The minimum atomic E-state index is -0.286. The van der Waals surface area contributed by atoms with Crippen LogP contribution in [0.5, 0.6) is 5.75 Å². The molecule has 24 heavy (non-hydrogen) atoms. The first-order valence-corrected chi connectivity index (χ1v) is 8.00. The molecule has 1 aromatic carbocycles. The van der Waals surface area contributed by atoms with Gasteiger partial charge in [0.15, 0.2) is 0 Å². The maximum atomic E-state index is 12.2. The summed E-state index contributed by atoms with van der Waals surface area (Å²) in [6.45, 7) is 2.99. The number of amides is 3. The van der Waals surface area contributed by atoms with Crippen molar-refractivity contribution in [2.45, 2.75) is 12.5 Å². The molecule has 0 radical (unpaired) electrons. The number of urea groups is 1. The van der Waals surface area contributed by atoms with Crippen molar-refractivity contribution in [2.75, 3.05) is 44.9 Å². The highest BCUT2D eigenvalue weighted by Crippen LogP contribution is 2.24. The van der Waals surface area contributed by atoms with Crippen molar-refractivity contribution < 1.29 is 19.1 Å². The fourth-order valence-corrected chi connectivity index (χ4v) is 2.85. The topological polar surface area (TPSA) is 83.1 Å². The Kier molecular flexibility index (Phi) is 5.17. The summed E-state index contributed by atoms with van der Waals surface area (Å²) in [5, 5.41) is 4.68. The van der Waals surface area contributed by atoms with Gasteiger partial charge in [0.2, 0.25) is 5.91 Å². The van der Waals surface area contributed by atoms with Gasteiger partial charge in [-0.1, -0.05) is 0 Å². The smallest absolute Gasteiger partial charge is 0.329 e. The number of hydrazine groups is 1. The summed E-state index contributed by atoms with van der Waals surface area (Å²) >= 11 is 0. The van der Waals surface area contributed by atoms with E-state index in [0.717, 1.165) is 11.4 Å². The summed E-state index contributed by atoms with van der Waals surface area (Å²) in [5.74, 6) is 0.738. The van der Waals surface area contributed by atoms with Crippen LogP contribution in [-0.2, 0) is 9.53 Å². The predicted octanol–water partition coefficient (Wildman–Crippen LogP) is 0.347. The number of ether oxygens (including phenoxy) is 2. The molecule has 2 aliphatic rings. The molecule has 8 nitrogen and oxygen atoms in total. The molecule has 8 heteroatoms. The van der Waals surface area contributed by atoms with E-state index in [2.05, 4.69) is 10.7 Å². The quantitative estimate of drug-likeness (QED) is 0.830. The third kappa shape index (κ3) is 3.95. The Morgan fingerprint density at radius 3 is 2.62 bits per heavy atom. The molecule has 3 amide bonds. The zero-order valence-electron chi connectivity index (χ0n) is 13.7. The zero-order chi connectivity index (χ0) is 16.9. The summed E-state index contributed by atoms with van der Waals surface area (Å²) in [4.78, 5) is 25.9. The van der Waals surface area contributed by atoms with Gasteiger partial charge in [-0.15, -0.1) is 0 Å². The molecule has 0 bridgehead atoms. The monoisotopic (exact) mass is 334 g/mol. The average molecular weight is 334 g/mol. The van der Waals surface area contributed by atoms with Crippen molar-refractivity contribution in [2.24, 2.45) is 0 Å². The van der Waals surface area contributed by atoms with Crippen LogP contribution in [0.2, 0.25) is 0 Å². The van der Waals surface area contributed by atoms with Gasteiger partial charge in [-0.05, 0) is 24.3 Å². The van der Waals surface area contributed by atoms with E-state index < -0.39 is 0 Å². The van der Waals surface area contributed by atoms with Gasteiger partial charge >= 0.3 is 6.03 Å². The van der Waals surface area contributed by atoms with Crippen LogP contribution in [0, 0.1) is 0 Å². The van der Waals surface area contributed by atoms with E-state index in [4.69, 9.17) is 9.47 Å². The summed E-state index contributed by atoms with van der Waals surface area (Å²) in [6.07, 6.45) is 0.294. The molecular weight excluding hydrogens is 312 g/mol. The number of hydrogen-bond acceptors (Lipinski definition) is 5. The molecule has 2 heterocycles. The molecule has 2 N–H and O–H groups in total. The van der Waals surface area contributed by atoms with Crippen LogP contribution in [0.3, 0.4) is 0 Å². The van der Waals surface area contributed by atoms with E-state index in [9.17, 15) is 9.59 Å². The average Bonchev–Trinajstić information content (AvgIpc) is 2.96. The number of carbonyl (C=O) groups is 2. The molecule has 2 aliphatic heterocycles. The molecule has 0 aromatic heterocycles. The molecule has 130 valence electrons. The van der Waals surface area contributed by atoms with Gasteiger partial charge in [0.1, 0.15) is 5.75 Å². The van der Waals surface area contributed by atoms with Crippen molar-refractivity contribution in [3.63, 3.8) is 0 Å². The Labute approximate surface area is 140 Å². The first-order valence-electron chi connectivity index (χ1n) is 8.00. The molecule has 1 aromatic rings. The maximum absolute atomic E-state index is 12.2. The number of nitrogens with zero attached hydrogens (tertiary/aromatic N) is 2. The molecule has 1 atom stereocenters. The first kappa shape index (κ1) is 16.5. The molecule has 2 saturated heterocycles. The lowest BCUT2D eigenvalue weighted by Gasteiger charge is -2.27. The minimum absolute atomic E-state index is 0.00293. The van der Waals surface area contributed by atoms with Crippen LogP contribution in [0.25, 0.3) is 0 Å². The van der Waals surface area contributed by atoms with Crippen LogP contribution in [0.1, 0.15) is 6.42 Å². The largest absolute Gasteiger partial charge is 0.497 e. The highest BCUT2D eigenvalue weighted by Gasteiger charge is 2.31. The third-order valence-corrected chi connectivity index (χ3v) is 4.12. The van der Waals surface area contributed by atoms with Crippen LogP contribution < -0.4 is 20.4 Å². The summed E-state index contributed by atoms with van der Waals surface area (Å²) in [6, 6.07) is 6.81. The van der Waals surface area contributed by atoms with E-state index in [1.54, 1.807) is 12.0 Å². The second-order valence-electron chi connectivity index (χ2n) is 5.79. The first-order chi connectivity index (χ1) is 11.7. The highest BCUT2D eigenvalue weighted by molar-refractivity contribution is 5.96. The minimum Gasteiger partial charge on any atom is -0.497 e. The molecule has 0 spiro atoms. The molecule has 2 fully saturated rings. The van der Waals surface area contributed by atoms with E-state index in [0.29, 0.717) is 39.3 Å². The lowest BCUT2D eigenvalue weighted by atomic mass is 10.2. The van der Waals surface area contributed by atoms with E-state index in [1.165, 1.54) is 0 Å². The number of nitrogens with one attached hydrogen (secondary N) is 2. The Hall–Kier alpha value is -2.32. The lowest BCUT2D eigenvalue weighted by molar-refractivity contribution is -0.117. The molecular formula is C16H22N4O4. The molecule has 0 unspecified atom stereocenters. The van der Waals surface area contributed by atoms with Crippen LogP contribution in [0.15, 0.2) is 24.3 Å². The van der Waals surface area contributed by atoms with Crippen molar-refractivity contribution in [1.82, 2.24) is 15.8 Å². The Bertz CT molecular complexity index is 586. The summed E-state index contributed by atoms with van der Waals surface area (Å²) in [7, 11) is 1.60. The van der Waals surface area contributed by atoms with Gasteiger partial charge in [0.05, 0.1) is 26.4 Å². The number of hydrogen-bond donors (Lipinski definition) is 2. The predicted molar refractivity (Wildman–Crippen MR) is 87.8 cm³/mol. The number of rotatable bonds is 4. The fourth-order valence-electron chi connectivity index (χ4n) is 2.85. The van der Waals surface area contributed by atoms with E-state index in [1.807, 2.05) is 29.3 Å². The van der Waals surface area contributed by atoms with Gasteiger partial charge in [-0.25, -0.2) is 9.80 Å². The number of methoxy groups -OCH3 is 1. The van der Waals surface area contributed by atoms with Crippen LogP contribution in [-0.4, -0.2) is 62.9 Å². The second-order valence-corrected chi connectivity index (χ2v) is 5.79. The van der Waals surface area contributed by atoms with Gasteiger partial charge in [-0.2, -0.15) is 0 Å². The van der Waals surface area contributed by atoms with Crippen LogP contribution >= 0.6 is 0 Å². The Morgan fingerprint density at radius 1 is 1.25 bits per heavy atom. The Balaban J connectivity index is 1.52. The third-order valence-electron chi connectivity index (χ3n) is 4.12. The maximum Gasteiger partial charge on any atom is 0.329 e. The van der Waals surface area contributed by atoms with Crippen LogP contribution in [0.4, 0.5) is 10.5 Å². The van der Waals surface area contributed by atoms with Crippen molar-refractivity contribution in [3.8, 4) is 5.75 Å². The standard InChI is InChI=1S/C16H22N4O4/c1-23-14-4-2-13(3-5-14)20-11-12(10-15(20)21)17-16(22)18-19-6-8-24-9-7-19/h2-5,12H,6-11H2,1H3,(H2,17,18,22)/t12-/m1/s1. The zero-order valence-corrected chi connectivity index (χ0v) is 13.7. The highest BCUT2D eigenvalue weighted by atomic mass is 16.5. The summed E-state index contributed by atoms with van der Waals surface area (Å²) < 4.78 is 10.4. The summed E-state index contributed by atoms with van der Waals surface area (Å²) in [5.41, 5.74) is 3.59. The second kappa shape index (κ2) is 7.50. The van der Waals surface area contributed by atoms with Gasteiger partial charge in [-0.3, -0.25) is 10.2 Å². The SMILES string of the molecule is COc1ccc(N2C[C@H](NC(=O)NN3CCOCC3)CC2=O)cc1. The number of anilines is 1. The van der Waals surface area contributed by atoms with E-state index in [-0.39, 0.29) is 18.0 Å². The molecule has 0 saturated carbocycles. The van der Waals surface area contributed by atoms with Crippen molar-refractivity contribution in [1.29, 1.82) is 0 Å².